The fraction of sp³-hybridized carbons (Fsp3) is 0.444. The van der Waals surface area contributed by atoms with Crippen molar-refractivity contribution in [1.29, 1.82) is 0 Å². The zero-order chi connectivity index (χ0) is 17.9. The second-order valence-electron chi connectivity index (χ2n) is 7.29. The fourth-order valence-corrected chi connectivity index (χ4v) is 4.75. The molecule has 0 aliphatic heterocycles. The van der Waals surface area contributed by atoms with Gasteiger partial charge in [-0.15, -0.1) is 0 Å². The number of aliphatic carboxylic acids is 1. The quantitative estimate of drug-likeness (QED) is 0.505. The molecule has 3 aliphatic rings. The first-order valence-corrected chi connectivity index (χ1v) is 8.30. The van der Waals surface area contributed by atoms with E-state index >= 15 is 0 Å². The zero-order valence-corrected chi connectivity index (χ0v) is 13.6. The summed E-state index contributed by atoms with van der Waals surface area (Å²) in [4.78, 5) is 34.9. The van der Waals surface area contributed by atoms with Crippen LogP contribution in [0.5, 0.6) is 0 Å². The van der Waals surface area contributed by atoms with Crippen molar-refractivity contribution in [2.45, 2.75) is 19.8 Å². The zero-order valence-electron chi connectivity index (χ0n) is 13.6. The number of amides is 1. The number of anilines is 1. The summed E-state index contributed by atoms with van der Waals surface area (Å²) >= 11 is 0. The van der Waals surface area contributed by atoms with E-state index in [9.17, 15) is 24.8 Å². The highest BCUT2D eigenvalue weighted by Gasteiger charge is 2.68. The van der Waals surface area contributed by atoms with Crippen molar-refractivity contribution >= 4 is 23.3 Å². The number of rotatable bonds is 4. The van der Waals surface area contributed by atoms with E-state index in [4.69, 9.17) is 0 Å². The normalized spacial score (nSPS) is 30.4. The van der Waals surface area contributed by atoms with Crippen molar-refractivity contribution in [2.75, 3.05) is 5.32 Å². The van der Waals surface area contributed by atoms with Gasteiger partial charge < -0.3 is 15.2 Å². The second kappa shape index (κ2) is 5.15. The highest BCUT2D eigenvalue weighted by atomic mass is 16.6. The molecule has 1 aromatic carbocycles. The Bertz CT molecular complexity index is 827. The minimum atomic E-state index is -1.20. The fourth-order valence-electron chi connectivity index (χ4n) is 4.75. The van der Waals surface area contributed by atoms with E-state index in [0.717, 1.165) is 12.8 Å². The number of carboxylic acid groups (broad SMARTS) is 1. The summed E-state index contributed by atoms with van der Waals surface area (Å²) in [6.07, 6.45) is 5.74. The minimum Gasteiger partial charge on any atom is -0.550 e. The first kappa shape index (κ1) is 15.8. The van der Waals surface area contributed by atoms with Crippen LogP contribution in [0.3, 0.4) is 0 Å². The van der Waals surface area contributed by atoms with E-state index in [0.29, 0.717) is 11.3 Å². The molecule has 2 bridgehead atoms. The summed E-state index contributed by atoms with van der Waals surface area (Å²) in [5.41, 5.74) is 0.810. The maximum Gasteiger partial charge on any atom is 0.271 e. The molecule has 0 unspecified atom stereocenters. The van der Waals surface area contributed by atoms with Crippen molar-refractivity contribution in [3.63, 3.8) is 0 Å². The number of benzene rings is 1. The summed E-state index contributed by atoms with van der Waals surface area (Å²) in [7, 11) is 0. The first-order valence-electron chi connectivity index (χ1n) is 8.30. The number of nitrogens with one attached hydrogen (secondary N) is 1. The van der Waals surface area contributed by atoms with Crippen LogP contribution in [0.15, 0.2) is 30.4 Å². The predicted molar refractivity (Wildman–Crippen MR) is 86.2 cm³/mol. The SMILES string of the molecule is Cc1ccc([N+](=O)[O-])cc1NC(=O)[C@H]1[C@@H](C(=O)[O-])[C@@H]2C=C[C@H]1C21CC1. The molecule has 1 aromatic rings. The van der Waals surface area contributed by atoms with Crippen molar-refractivity contribution in [3.05, 3.63) is 46.0 Å². The van der Waals surface area contributed by atoms with E-state index in [1.54, 1.807) is 13.0 Å². The van der Waals surface area contributed by atoms with E-state index in [2.05, 4.69) is 5.32 Å². The highest BCUT2D eigenvalue weighted by molar-refractivity contribution is 5.97. The largest absolute Gasteiger partial charge is 0.550 e. The van der Waals surface area contributed by atoms with Gasteiger partial charge >= 0.3 is 0 Å². The van der Waals surface area contributed by atoms with Gasteiger partial charge in [0, 0.05) is 24.0 Å². The summed E-state index contributed by atoms with van der Waals surface area (Å²) in [5, 5.41) is 25.3. The van der Waals surface area contributed by atoms with E-state index < -0.39 is 28.6 Å². The number of carboxylic acids is 1. The molecular weight excluding hydrogens is 324 g/mol. The summed E-state index contributed by atoms with van der Waals surface area (Å²) in [6.45, 7) is 1.73. The lowest BCUT2D eigenvalue weighted by Gasteiger charge is -2.27. The van der Waals surface area contributed by atoms with Gasteiger partial charge in [0.2, 0.25) is 5.91 Å². The van der Waals surface area contributed by atoms with E-state index in [-0.39, 0.29) is 22.9 Å². The van der Waals surface area contributed by atoms with Gasteiger partial charge in [-0.25, -0.2) is 0 Å². The lowest BCUT2D eigenvalue weighted by molar-refractivity contribution is -0.384. The average molecular weight is 341 g/mol. The van der Waals surface area contributed by atoms with Crippen molar-refractivity contribution in [3.8, 4) is 0 Å². The Morgan fingerprint density at radius 2 is 1.84 bits per heavy atom. The standard InChI is InChI=1S/C18H18N2O5/c1-9-2-3-10(20(24)25)8-13(9)19-16(21)14-11-4-5-12(15(14)17(22)23)18(11)6-7-18/h2-5,8,11-12,14-15H,6-7H2,1H3,(H,19,21)(H,22,23)/p-1/t11-,12+,14-,15+/m1/s1. The first-order chi connectivity index (χ1) is 11.8. The summed E-state index contributed by atoms with van der Waals surface area (Å²) < 4.78 is 0. The second-order valence-corrected chi connectivity index (χ2v) is 7.29. The molecule has 0 radical (unpaired) electrons. The number of nitro benzene ring substituents is 1. The molecule has 4 atom stereocenters. The third kappa shape index (κ3) is 2.18. The van der Waals surface area contributed by atoms with Gasteiger partial charge in [0.15, 0.2) is 0 Å². The van der Waals surface area contributed by atoms with Crippen LogP contribution < -0.4 is 10.4 Å². The Hall–Kier alpha value is -2.70. The molecule has 7 nitrogen and oxygen atoms in total. The molecule has 130 valence electrons. The number of non-ortho nitro benzene ring substituents is 1. The molecule has 1 N–H and O–H groups in total. The lowest BCUT2D eigenvalue weighted by Crippen LogP contribution is -2.43. The smallest absolute Gasteiger partial charge is 0.271 e. The number of carbonyl (C=O) groups is 2. The Kier molecular flexibility index (Phi) is 3.25. The van der Waals surface area contributed by atoms with Gasteiger partial charge in [0.05, 0.1) is 16.5 Å². The number of hydrogen-bond donors (Lipinski definition) is 1. The van der Waals surface area contributed by atoms with Crippen LogP contribution in [-0.2, 0) is 9.59 Å². The molecule has 2 fully saturated rings. The molecular formula is C18H17N2O5-. The van der Waals surface area contributed by atoms with Gasteiger partial charge in [-0.05, 0) is 42.6 Å². The number of nitro groups is 1. The Labute approximate surface area is 143 Å². The lowest BCUT2D eigenvalue weighted by atomic mass is 9.82. The molecule has 1 amide bonds. The van der Waals surface area contributed by atoms with E-state index in [1.165, 1.54) is 12.1 Å². The Balaban J connectivity index is 1.63. The van der Waals surface area contributed by atoms with Gasteiger partial charge in [-0.2, -0.15) is 0 Å². The third-order valence-electron chi connectivity index (χ3n) is 6.11. The topological polar surface area (TPSA) is 112 Å². The Morgan fingerprint density at radius 1 is 1.20 bits per heavy atom. The van der Waals surface area contributed by atoms with Gasteiger partial charge in [-0.3, -0.25) is 14.9 Å². The van der Waals surface area contributed by atoms with Gasteiger partial charge in [-0.1, -0.05) is 18.2 Å². The van der Waals surface area contributed by atoms with Crippen LogP contribution in [0.2, 0.25) is 0 Å². The van der Waals surface area contributed by atoms with Crippen LogP contribution in [0.4, 0.5) is 11.4 Å². The van der Waals surface area contributed by atoms with Crippen LogP contribution in [0, 0.1) is 46.1 Å². The maximum atomic E-state index is 12.9. The summed E-state index contributed by atoms with van der Waals surface area (Å²) in [6, 6.07) is 4.23. The molecule has 25 heavy (non-hydrogen) atoms. The number of carbonyl (C=O) groups excluding carboxylic acids is 2. The van der Waals surface area contributed by atoms with Crippen LogP contribution >= 0.6 is 0 Å². The highest BCUT2D eigenvalue weighted by Crippen LogP contribution is 2.71. The number of nitrogens with zero attached hydrogens (tertiary/aromatic N) is 1. The van der Waals surface area contributed by atoms with Crippen molar-refractivity contribution in [1.82, 2.24) is 0 Å². The summed E-state index contributed by atoms with van der Waals surface area (Å²) in [5.74, 6) is -3.37. The molecule has 0 aromatic heterocycles. The van der Waals surface area contributed by atoms with Crippen LogP contribution in [0.25, 0.3) is 0 Å². The van der Waals surface area contributed by atoms with E-state index in [1.807, 2.05) is 12.2 Å². The number of hydrogen-bond acceptors (Lipinski definition) is 5. The van der Waals surface area contributed by atoms with Crippen molar-refractivity contribution < 1.29 is 19.6 Å². The third-order valence-corrected chi connectivity index (χ3v) is 6.11. The number of aryl methyl sites for hydroxylation is 1. The molecule has 1 spiro atoms. The molecule has 4 rings (SSSR count). The molecule has 2 saturated carbocycles. The van der Waals surface area contributed by atoms with Crippen LogP contribution in [-0.4, -0.2) is 16.8 Å². The molecule has 3 aliphatic carbocycles. The maximum absolute atomic E-state index is 12.9. The number of allylic oxidation sites excluding steroid dienone is 2. The minimum absolute atomic E-state index is 0.0928. The van der Waals surface area contributed by atoms with Gasteiger partial charge in [0.1, 0.15) is 0 Å². The van der Waals surface area contributed by atoms with Crippen molar-refractivity contribution in [2.24, 2.45) is 29.1 Å². The predicted octanol–water partition coefficient (Wildman–Crippen LogP) is 1.42. The molecule has 7 heteroatoms. The molecule has 0 heterocycles. The van der Waals surface area contributed by atoms with Gasteiger partial charge in [0.25, 0.3) is 5.69 Å². The Morgan fingerprint density at radius 3 is 2.40 bits per heavy atom. The average Bonchev–Trinajstić information content (AvgIpc) is 3.22. The van der Waals surface area contributed by atoms with Crippen LogP contribution in [0.1, 0.15) is 18.4 Å². The monoisotopic (exact) mass is 341 g/mol. The molecule has 0 saturated heterocycles.